The summed E-state index contributed by atoms with van der Waals surface area (Å²) in [5.41, 5.74) is 2.92. The Morgan fingerprint density at radius 2 is 2.00 bits per heavy atom. The fourth-order valence-electron chi connectivity index (χ4n) is 3.35. The Balaban J connectivity index is 1.60. The molecule has 1 saturated heterocycles. The Morgan fingerprint density at radius 1 is 1.19 bits per heavy atom. The summed E-state index contributed by atoms with van der Waals surface area (Å²) in [5.74, 6) is 0.849. The van der Waals surface area contributed by atoms with Crippen LogP contribution in [0.2, 0.25) is 0 Å². The van der Waals surface area contributed by atoms with Crippen LogP contribution in [0.15, 0.2) is 36.8 Å². The summed E-state index contributed by atoms with van der Waals surface area (Å²) in [6.07, 6.45) is 3.13. The molecule has 27 heavy (non-hydrogen) atoms. The maximum Gasteiger partial charge on any atom is 0.409 e. The monoisotopic (exact) mass is 366 g/mol. The first-order chi connectivity index (χ1) is 13.2. The van der Waals surface area contributed by atoms with Crippen molar-refractivity contribution in [3.8, 4) is 5.69 Å². The standard InChI is InChI=1S/C19H22N6O2/c1-3-27-19(26)24-9-7-23(8-10-24)17-16-12-22-25(18(16)21-13-20-17)15-6-4-5-14(2)11-15/h4-6,11-13H,3,7-10H2,1-2H3. The average molecular weight is 366 g/mol. The predicted molar refractivity (Wildman–Crippen MR) is 102 cm³/mol. The van der Waals surface area contributed by atoms with E-state index in [1.54, 1.807) is 11.2 Å². The zero-order valence-electron chi connectivity index (χ0n) is 15.5. The summed E-state index contributed by atoms with van der Waals surface area (Å²) >= 11 is 0. The molecular formula is C19H22N6O2. The van der Waals surface area contributed by atoms with Gasteiger partial charge >= 0.3 is 6.09 Å². The third kappa shape index (κ3) is 3.30. The van der Waals surface area contributed by atoms with E-state index in [0.717, 1.165) is 22.5 Å². The number of carbonyl (C=O) groups is 1. The molecule has 0 spiro atoms. The molecule has 1 amide bonds. The van der Waals surface area contributed by atoms with Gasteiger partial charge in [-0.25, -0.2) is 19.4 Å². The number of ether oxygens (including phenoxy) is 1. The minimum Gasteiger partial charge on any atom is -0.450 e. The van der Waals surface area contributed by atoms with Crippen LogP contribution in [0.5, 0.6) is 0 Å². The van der Waals surface area contributed by atoms with Crippen molar-refractivity contribution in [2.24, 2.45) is 0 Å². The van der Waals surface area contributed by atoms with Crippen LogP contribution in [-0.4, -0.2) is 63.5 Å². The van der Waals surface area contributed by atoms with Gasteiger partial charge in [-0.3, -0.25) is 0 Å². The third-order valence-corrected chi connectivity index (χ3v) is 4.70. The minimum atomic E-state index is -0.253. The molecule has 0 saturated carbocycles. The molecule has 8 heteroatoms. The molecule has 1 aromatic carbocycles. The quantitative estimate of drug-likeness (QED) is 0.708. The van der Waals surface area contributed by atoms with Gasteiger partial charge in [0.05, 0.1) is 23.9 Å². The van der Waals surface area contributed by atoms with Crippen LogP contribution in [0.25, 0.3) is 16.7 Å². The van der Waals surface area contributed by atoms with E-state index in [0.29, 0.717) is 32.8 Å². The first kappa shape index (κ1) is 17.3. The highest BCUT2D eigenvalue weighted by molar-refractivity contribution is 5.87. The van der Waals surface area contributed by atoms with Gasteiger partial charge in [0.2, 0.25) is 0 Å². The maximum atomic E-state index is 11.9. The van der Waals surface area contributed by atoms with E-state index in [9.17, 15) is 4.79 Å². The van der Waals surface area contributed by atoms with Crippen LogP contribution in [-0.2, 0) is 4.74 Å². The first-order valence-corrected chi connectivity index (χ1v) is 9.10. The molecule has 1 fully saturated rings. The van der Waals surface area contributed by atoms with E-state index in [1.165, 1.54) is 5.56 Å². The van der Waals surface area contributed by atoms with Crippen LogP contribution in [0.1, 0.15) is 12.5 Å². The van der Waals surface area contributed by atoms with Gasteiger partial charge in [0.15, 0.2) is 5.65 Å². The number of piperazine rings is 1. The molecule has 0 aliphatic carbocycles. The van der Waals surface area contributed by atoms with Crippen LogP contribution >= 0.6 is 0 Å². The summed E-state index contributed by atoms with van der Waals surface area (Å²) in [6.45, 7) is 6.87. The number of hydrogen-bond acceptors (Lipinski definition) is 6. The molecule has 140 valence electrons. The van der Waals surface area contributed by atoms with Crippen molar-refractivity contribution in [2.45, 2.75) is 13.8 Å². The molecule has 0 atom stereocenters. The molecule has 2 aromatic heterocycles. The summed E-state index contributed by atoms with van der Waals surface area (Å²) in [6, 6.07) is 8.15. The Hall–Kier alpha value is -3.16. The fourth-order valence-corrected chi connectivity index (χ4v) is 3.35. The number of aromatic nitrogens is 4. The number of carbonyl (C=O) groups excluding carboxylic acids is 1. The Morgan fingerprint density at radius 3 is 2.74 bits per heavy atom. The van der Waals surface area contributed by atoms with E-state index in [2.05, 4.69) is 39.0 Å². The van der Waals surface area contributed by atoms with Crippen molar-refractivity contribution in [3.63, 3.8) is 0 Å². The summed E-state index contributed by atoms with van der Waals surface area (Å²) < 4.78 is 6.92. The number of rotatable bonds is 3. The molecule has 8 nitrogen and oxygen atoms in total. The van der Waals surface area contributed by atoms with Crippen molar-refractivity contribution >= 4 is 22.9 Å². The molecule has 3 aromatic rings. The highest BCUT2D eigenvalue weighted by Crippen LogP contribution is 2.25. The van der Waals surface area contributed by atoms with Crippen molar-refractivity contribution in [1.82, 2.24) is 24.6 Å². The fraction of sp³-hybridized carbons (Fsp3) is 0.368. The molecule has 1 aliphatic heterocycles. The second-order valence-electron chi connectivity index (χ2n) is 6.50. The predicted octanol–water partition coefficient (Wildman–Crippen LogP) is 2.40. The smallest absolute Gasteiger partial charge is 0.409 e. The lowest BCUT2D eigenvalue weighted by molar-refractivity contribution is 0.105. The van der Waals surface area contributed by atoms with Gasteiger partial charge in [-0.05, 0) is 31.5 Å². The van der Waals surface area contributed by atoms with E-state index in [1.807, 2.05) is 29.9 Å². The second-order valence-corrected chi connectivity index (χ2v) is 6.50. The zero-order chi connectivity index (χ0) is 18.8. The van der Waals surface area contributed by atoms with Crippen molar-refractivity contribution in [1.29, 1.82) is 0 Å². The van der Waals surface area contributed by atoms with Gasteiger partial charge < -0.3 is 14.5 Å². The Bertz CT molecular complexity index is 962. The largest absolute Gasteiger partial charge is 0.450 e. The number of hydrogen-bond donors (Lipinski definition) is 0. The lowest BCUT2D eigenvalue weighted by Gasteiger charge is -2.34. The topological polar surface area (TPSA) is 76.4 Å². The first-order valence-electron chi connectivity index (χ1n) is 9.10. The number of benzene rings is 1. The number of nitrogens with zero attached hydrogens (tertiary/aromatic N) is 6. The number of amides is 1. The van der Waals surface area contributed by atoms with Gasteiger partial charge in [0, 0.05) is 26.2 Å². The van der Waals surface area contributed by atoms with E-state index in [4.69, 9.17) is 4.74 Å². The van der Waals surface area contributed by atoms with E-state index < -0.39 is 0 Å². The van der Waals surface area contributed by atoms with Crippen LogP contribution < -0.4 is 4.90 Å². The summed E-state index contributed by atoms with van der Waals surface area (Å²) in [5, 5.41) is 5.44. The molecular weight excluding hydrogens is 344 g/mol. The van der Waals surface area contributed by atoms with E-state index >= 15 is 0 Å². The average Bonchev–Trinajstić information content (AvgIpc) is 3.12. The van der Waals surface area contributed by atoms with Crippen LogP contribution in [0.3, 0.4) is 0 Å². The normalized spacial score (nSPS) is 14.6. The minimum absolute atomic E-state index is 0.253. The molecule has 0 unspecified atom stereocenters. The Labute approximate surface area is 157 Å². The summed E-state index contributed by atoms with van der Waals surface area (Å²) in [4.78, 5) is 24.7. The van der Waals surface area contributed by atoms with Gasteiger partial charge in [-0.15, -0.1) is 0 Å². The van der Waals surface area contributed by atoms with Crippen LogP contribution in [0, 0.1) is 6.92 Å². The summed E-state index contributed by atoms with van der Waals surface area (Å²) in [7, 11) is 0. The molecule has 0 bridgehead atoms. The van der Waals surface area contributed by atoms with Gasteiger partial charge in [-0.1, -0.05) is 12.1 Å². The van der Waals surface area contributed by atoms with Crippen molar-refractivity contribution in [2.75, 3.05) is 37.7 Å². The van der Waals surface area contributed by atoms with Gasteiger partial charge in [0.1, 0.15) is 12.1 Å². The molecule has 1 aliphatic rings. The Kier molecular flexibility index (Phi) is 4.62. The maximum absolute atomic E-state index is 11.9. The second kappa shape index (κ2) is 7.22. The molecule has 4 rings (SSSR count). The van der Waals surface area contributed by atoms with Crippen molar-refractivity contribution in [3.05, 3.63) is 42.4 Å². The number of fused-ring (bicyclic) bond motifs is 1. The third-order valence-electron chi connectivity index (χ3n) is 4.70. The van der Waals surface area contributed by atoms with Gasteiger partial charge in [-0.2, -0.15) is 5.10 Å². The SMILES string of the molecule is CCOC(=O)N1CCN(c2ncnc3c2cnn3-c2cccc(C)c2)CC1. The number of aryl methyl sites for hydroxylation is 1. The molecule has 0 radical (unpaired) electrons. The molecule has 0 N–H and O–H groups in total. The molecule has 3 heterocycles. The lowest BCUT2D eigenvalue weighted by atomic mass is 10.2. The highest BCUT2D eigenvalue weighted by atomic mass is 16.6. The van der Waals surface area contributed by atoms with Crippen molar-refractivity contribution < 1.29 is 9.53 Å². The number of anilines is 1. The zero-order valence-corrected chi connectivity index (χ0v) is 15.5. The van der Waals surface area contributed by atoms with E-state index in [-0.39, 0.29) is 6.09 Å². The lowest BCUT2D eigenvalue weighted by Crippen LogP contribution is -2.49. The van der Waals surface area contributed by atoms with Gasteiger partial charge in [0.25, 0.3) is 0 Å². The van der Waals surface area contributed by atoms with Crippen LogP contribution in [0.4, 0.5) is 10.6 Å². The highest BCUT2D eigenvalue weighted by Gasteiger charge is 2.24.